The first-order valence-electron chi connectivity index (χ1n) is 10.3. The molecule has 2 saturated heterocycles. The lowest BCUT2D eigenvalue weighted by Crippen LogP contribution is -2.63. The number of ether oxygens (including phenoxy) is 5. The van der Waals surface area contributed by atoms with Gasteiger partial charge in [-0.05, 0) is 30.5 Å². The molecule has 0 amide bonds. The zero-order chi connectivity index (χ0) is 21.7. The molecular weight excluding hydrogens is 398 g/mol. The third-order valence-corrected chi connectivity index (χ3v) is 5.41. The Labute approximate surface area is 181 Å². The quantitative estimate of drug-likeness (QED) is 0.373. The molecule has 0 saturated carbocycles. The van der Waals surface area contributed by atoms with Gasteiger partial charge in [0.25, 0.3) is 0 Å². The first kappa shape index (κ1) is 21.8. The summed E-state index contributed by atoms with van der Waals surface area (Å²) in [6.07, 6.45) is -1.24. The van der Waals surface area contributed by atoms with E-state index in [1.807, 2.05) is 74.5 Å². The number of benzene rings is 2. The van der Waals surface area contributed by atoms with Gasteiger partial charge in [-0.25, -0.2) is 0 Å². The second-order valence-electron chi connectivity index (χ2n) is 8.16. The molecule has 2 aromatic rings. The number of rotatable bonds is 7. The minimum Gasteiger partial charge on any atom is -0.370 e. The largest absolute Gasteiger partial charge is 0.370 e. The monoisotopic (exact) mass is 425 g/mol. The van der Waals surface area contributed by atoms with Gasteiger partial charge >= 0.3 is 0 Å². The molecule has 2 fully saturated rings. The zero-order valence-electron chi connectivity index (χ0n) is 17.7. The van der Waals surface area contributed by atoms with Crippen LogP contribution in [0.3, 0.4) is 0 Å². The first-order valence-corrected chi connectivity index (χ1v) is 10.3. The Bertz CT molecular complexity index is 904. The highest BCUT2D eigenvalue weighted by Crippen LogP contribution is 2.41. The van der Waals surface area contributed by atoms with Crippen molar-refractivity contribution in [1.82, 2.24) is 0 Å². The summed E-state index contributed by atoms with van der Waals surface area (Å²) in [5.41, 5.74) is 11.1. The van der Waals surface area contributed by atoms with E-state index in [2.05, 4.69) is 10.0 Å². The number of hydrogen-bond acceptors (Lipinski definition) is 6. The molecule has 1 spiro atoms. The summed E-state index contributed by atoms with van der Waals surface area (Å²) >= 11 is 0. The van der Waals surface area contributed by atoms with Crippen molar-refractivity contribution in [3.63, 3.8) is 0 Å². The summed E-state index contributed by atoms with van der Waals surface area (Å²) in [6, 6.07) is 19.1. The fraction of sp³-hybridized carbons (Fsp3) is 0.478. The topological polar surface area (TPSA) is 94.9 Å². The highest BCUT2D eigenvalue weighted by atomic mass is 16.8. The van der Waals surface area contributed by atoms with E-state index in [1.165, 1.54) is 0 Å². The highest BCUT2D eigenvalue weighted by molar-refractivity contribution is 5.15. The Morgan fingerprint density at radius 3 is 2.13 bits per heavy atom. The summed E-state index contributed by atoms with van der Waals surface area (Å²) in [7, 11) is 0. The van der Waals surface area contributed by atoms with Crippen molar-refractivity contribution in [3.05, 3.63) is 82.2 Å². The van der Waals surface area contributed by atoms with Gasteiger partial charge in [0.15, 0.2) is 5.79 Å². The summed E-state index contributed by atoms with van der Waals surface area (Å²) in [6.45, 7) is 4.67. The van der Waals surface area contributed by atoms with Gasteiger partial charge in [-0.1, -0.05) is 65.8 Å². The maximum Gasteiger partial charge on any atom is 0.224 e. The van der Waals surface area contributed by atoms with Crippen LogP contribution in [-0.4, -0.2) is 43.0 Å². The molecule has 4 atom stereocenters. The van der Waals surface area contributed by atoms with Gasteiger partial charge in [0.2, 0.25) is 5.79 Å². The molecule has 2 heterocycles. The van der Waals surface area contributed by atoms with Gasteiger partial charge in [-0.15, -0.1) is 0 Å². The van der Waals surface area contributed by atoms with Crippen LogP contribution in [0.1, 0.15) is 25.0 Å². The van der Waals surface area contributed by atoms with Crippen LogP contribution in [0.5, 0.6) is 0 Å². The molecule has 2 aromatic carbocycles. The van der Waals surface area contributed by atoms with E-state index < -0.39 is 29.8 Å². The van der Waals surface area contributed by atoms with Crippen LogP contribution in [0.2, 0.25) is 0 Å². The van der Waals surface area contributed by atoms with Gasteiger partial charge in [0.1, 0.15) is 18.8 Å². The van der Waals surface area contributed by atoms with Crippen molar-refractivity contribution in [1.29, 1.82) is 0 Å². The van der Waals surface area contributed by atoms with Crippen molar-refractivity contribution < 1.29 is 23.7 Å². The zero-order valence-corrected chi connectivity index (χ0v) is 17.7. The maximum absolute atomic E-state index is 9.11. The molecule has 8 nitrogen and oxygen atoms in total. The molecule has 2 aliphatic heterocycles. The van der Waals surface area contributed by atoms with Gasteiger partial charge < -0.3 is 23.7 Å². The van der Waals surface area contributed by atoms with Crippen molar-refractivity contribution in [3.8, 4) is 0 Å². The van der Waals surface area contributed by atoms with Crippen molar-refractivity contribution in [2.75, 3.05) is 13.2 Å². The van der Waals surface area contributed by atoms with Crippen LogP contribution in [0, 0.1) is 0 Å². The lowest BCUT2D eigenvalue weighted by molar-refractivity contribution is -0.338. The molecule has 2 aliphatic rings. The van der Waals surface area contributed by atoms with E-state index in [0.29, 0.717) is 13.2 Å². The molecule has 0 aliphatic carbocycles. The second kappa shape index (κ2) is 9.36. The van der Waals surface area contributed by atoms with Crippen LogP contribution in [0.15, 0.2) is 65.8 Å². The third kappa shape index (κ3) is 5.07. The van der Waals surface area contributed by atoms with Gasteiger partial charge in [-0.2, -0.15) is 0 Å². The number of azide groups is 1. The van der Waals surface area contributed by atoms with Gasteiger partial charge in [0.05, 0.1) is 25.9 Å². The number of hydrogen-bond donors (Lipinski definition) is 0. The van der Waals surface area contributed by atoms with Gasteiger partial charge in [-0.3, -0.25) is 0 Å². The third-order valence-electron chi connectivity index (χ3n) is 5.41. The van der Waals surface area contributed by atoms with Crippen LogP contribution >= 0.6 is 0 Å². The van der Waals surface area contributed by atoms with E-state index in [-0.39, 0.29) is 13.2 Å². The lowest BCUT2D eigenvalue weighted by Gasteiger charge is -2.46. The Kier molecular flexibility index (Phi) is 6.57. The van der Waals surface area contributed by atoms with Crippen molar-refractivity contribution >= 4 is 0 Å². The molecule has 0 bridgehead atoms. The SMILES string of the molecule is CC1(C)OCC2(OC[C@@H](N=[N+]=[N-])[C@@H](OCc3ccccc3)[C@@H]2OCc2ccccc2)O1. The van der Waals surface area contributed by atoms with E-state index in [4.69, 9.17) is 29.2 Å². The maximum atomic E-state index is 9.11. The van der Waals surface area contributed by atoms with E-state index in [1.54, 1.807) is 0 Å². The molecule has 0 N–H and O–H groups in total. The number of nitrogens with zero attached hydrogens (tertiary/aromatic N) is 3. The lowest BCUT2D eigenvalue weighted by atomic mass is 9.95. The Hall–Kier alpha value is -2.45. The molecule has 8 heteroatoms. The smallest absolute Gasteiger partial charge is 0.224 e. The molecule has 4 rings (SSSR count). The predicted octanol–water partition coefficient (Wildman–Crippen LogP) is 4.35. The van der Waals surface area contributed by atoms with E-state index >= 15 is 0 Å². The average Bonchev–Trinajstić information content (AvgIpc) is 3.09. The molecule has 164 valence electrons. The molecule has 0 radical (unpaired) electrons. The van der Waals surface area contributed by atoms with Gasteiger partial charge in [0, 0.05) is 4.91 Å². The minimum absolute atomic E-state index is 0.147. The van der Waals surface area contributed by atoms with Crippen LogP contribution in [0.4, 0.5) is 0 Å². The summed E-state index contributed by atoms with van der Waals surface area (Å²) < 4.78 is 30.8. The fourth-order valence-electron chi connectivity index (χ4n) is 3.93. The van der Waals surface area contributed by atoms with Crippen molar-refractivity contribution in [2.24, 2.45) is 5.11 Å². The normalized spacial score (nSPS) is 29.5. The summed E-state index contributed by atoms with van der Waals surface area (Å²) in [5.74, 6) is -1.98. The Balaban J connectivity index is 1.61. The standard InChI is InChI=1S/C23H27N3O5/c1-22(2)30-16-23(31-22)21(28-14-18-11-7-4-8-12-18)20(19(15-29-23)25-26-24)27-13-17-9-5-3-6-10-17/h3-12,19-21H,13-16H2,1-2H3/t19-,20-,21+,23?/m1/s1. The average molecular weight is 425 g/mol. The first-order chi connectivity index (χ1) is 15.0. The van der Waals surface area contributed by atoms with Crippen LogP contribution in [-0.2, 0) is 36.9 Å². The van der Waals surface area contributed by atoms with E-state index in [9.17, 15) is 0 Å². The van der Waals surface area contributed by atoms with Crippen molar-refractivity contribution in [2.45, 2.75) is 56.9 Å². The fourth-order valence-corrected chi connectivity index (χ4v) is 3.93. The molecule has 1 unspecified atom stereocenters. The molecular formula is C23H27N3O5. The van der Waals surface area contributed by atoms with E-state index in [0.717, 1.165) is 11.1 Å². The van der Waals surface area contributed by atoms with Crippen LogP contribution < -0.4 is 0 Å². The Morgan fingerprint density at radius 2 is 1.58 bits per heavy atom. The predicted molar refractivity (Wildman–Crippen MR) is 113 cm³/mol. The minimum atomic E-state index is -1.15. The highest BCUT2D eigenvalue weighted by Gasteiger charge is 2.59. The summed E-state index contributed by atoms with van der Waals surface area (Å²) in [4.78, 5) is 3.00. The van der Waals surface area contributed by atoms with Crippen LogP contribution in [0.25, 0.3) is 10.4 Å². The summed E-state index contributed by atoms with van der Waals surface area (Å²) in [5, 5.41) is 3.93. The Morgan fingerprint density at radius 1 is 0.968 bits per heavy atom. The molecule has 31 heavy (non-hydrogen) atoms. The molecule has 0 aromatic heterocycles. The second-order valence-corrected chi connectivity index (χ2v) is 8.16.